The zero-order chi connectivity index (χ0) is 21.3. The van der Waals surface area contributed by atoms with E-state index in [4.69, 9.17) is 0 Å². The van der Waals surface area contributed by atoms with Gasteiger partial charge in [-0.1, -0.05) is 54.6 Å². The highest BCUT2D eigenvalue weighted by Crippen LogP contribution is 2.31. The molecule has 30 heavy (non-hydrogen) atoms. The lowest BCUT2D eigenvalue weighted by Crippen LogP contribution is -2.27. The predicted molar refractivity (Wildman–Crippen MR) is 119 cm³/mol. The minimum Gasteiger partial charge on any atom is -0.312 e. The van der Waals surface area contributed by atoms with Gasteiger partial charge < -0.3 is 4.90 Å². The fourth-order valence-electron chi connectivity index (χ4n) is 3.84. The molecule has 1 amide bonds. The highest BCUT2D eigenvalue weighted by Gasteiger charge is 2.25. The monoisotopic (exact) mass is 420 g/mol. The van der Waals surface area contributed by atoms with E-state index in [1.165, 1.54) is 6.92 Å². The van der Waals surface area contributed by atoms with Crippen LogP contribution in [0.3, 0.4) is 0 Å². The molecule has 1 aliphatic heterocycles. The Morgan fingerprint density at radius 1 is 0.967 bits per heavy atom. The van der Waals surface area contributed by atoms with Crippen molar-refractivity contribution in [1.82, 2.24) is 4.72 Å². The Hall–Kier alpha value is -2.96. The van der Waals surface area contributed by atoms with Gasteiger partial charge in [0.15, 0.2) is 0 Å². The summed E-state index contributed by atoms with van der Waals surface area (Å²) in [6.07, 6.45) is 0.661. The number of fused-ring (bicyclic) bond motifs is 1. The van der Waals surface area contributed by atoms with Crippen LogP contribution >= 0.6 is 0 Å². The Morgan fingerprint density at radius 3 is 2.30 bits per heavy atom. The number of nitrogens with zero attached hydrogens (tertiary/aromatic N) is 1. The summed E-state index contributed by atoms with van der Waals surface area (Å²) in [5.74, 6) is -0.0324. The molecule has 154 valence electrons. The number of sulfonamides is 1. The highest BCUT2D eigenvalue weighted by atomic mass is 32.2. The average molecular weight is 421 g/mol. The van der Waals surface area contributed by atoms with E-state index in [0.717, 1.165) is 27.9 Å². The standard InChI is InChI=1S/C24H24N2O3S/c1-17(19-8-10-21(11-9-19)20-6-4-3-5-7-20)25-30(28,29)23-12-13-24-22(16-23)14-15-26(24)18(2)27/h3-13,16-17,25H,14-15H2,1-2H3. The number of carbonyl (C=O) groups is 1. The maximum absolute atomic E-state index is 12.9. The van der Waals surface area contributed by atoms with Crippen molar-refractivity contribution < 1.29 is 13.2 Å². The van der Waals surface area contributed by atoms with Crippen LogP contribution in [0.4, 0.5) is 5.69 Å². The van der Waals surface area contributed by atoms with Gasteiger partial charge in [-0.05, 0) is 53.8 Å². The van der Waals surface area contributed by atoms with Gasteiger partial charge in [-0.2, -0.15) is 0 Å². The summed E-state index contributed by atoms with van der Waals surface area (Å²) in [6, 6.07) is 22.5. The molecule has 0 radical (unpaired) electrons. The smallest absolute Gasteiger partial charge is 0.241 e. The van der Waals surface area contributed by atoms with Gasteiger partial charge >= 0.3 is 0 Å². The molecule has 4 rings (SSSR count). The van der Waals surface area contributed by atoms with Crippen LogP contribution in [0.1, 0.15) is 31.0 Å². The second-order valence-electron chi connectivity index (χ2n) is 7.54. The Kier molecular flexibility index (Phi) is 5.45. The van der Waals surface area contributed by atoms with Gasteiger partial charge in [0.1, 0.15) is 0 Å². The van der Waals surface area contributed by atoms with Crippen molar-refractivity contribution in [3.63, 3.8) is 0 Å². The summed E-state index contributed by atoms with van der Waals surface area (Å²) in [5.41, 5.74) is 4.78. The van der Waals surface area contributed by atoms with Crippen LogP contribution in [0.2, 0.25) is 0 Å². The fourth-order valence-corrected chi connectivity index (χ4v) is 5.12. The van der Waals surface area contributed by atoms with Crippen molar-refractivity contribution in [1.29, 1.82) is 0 Å². The Labute approximate surface area is 177 Å². The topological polar surface area (TPSA) is 66.5 Å². The first-order valence-electron chi connectivity index (χ1n) is 9.94. The minimum atomic E-state index is -3.68. The molecular formula is C24H24N2O3S. The summed E-state index contributed by atoms with van der Waals surface area (Å²) in [5, 5.41) is 0. The minimum absolute atomic E-state index is 0.0324. The molecule has 1 heterocycles. The molecule has 0 aromatic heterocycles. The van der Waals surface area contributed by atoms with E-state index in [1.807, 2.05) is 61.5 Å². The molecule has 1 aliphatic rings. The Morgan fingerprint density at radius 2 is 1.63 bits per heavy atom. The van der Waals surface area contributed by atoms with Crippen molar-refractivity contribution in [2.45, 2.75) is 31.2 Å². The van der Waals surface area contributed by atoms with Gasteiger partial charge in [-0.3, -0.25) is 4.79 Å². The number of hydrogen-bond donors (Lipinski definition) is 1. The molecule has 0 aliphatic carbocycles. The van der Waals surface area contributed by atoms with Gasteiger partial charge in [-0.25, -0.2) is 13.1 Å². The first-order valence-corrected chi connectivity index (χ1v) is 11.4. The average Bonchev–Trinajstić information content (AvgIpc) is 3.18. The van der Waals surface area contributed by atoms with E-state index in [1.54, 1.807) is 23.1 Å². The molecule has 0 fully saturated rings. The molecule has 0 bridgehead atoms. The lowest BCUT2D eigenvalue weighted by atomic mass is 10.0. The normalized spacial score (nSPS) is 14.4. The Balaban J connectivity index is 1.51. The number of benzene rings is 3. The van der Waals surface area contributed by atoms with Crippen LogP contribution in [0.25, 0.3) is 11.1 Å². The number of carbonyl (C=O) groups excluding carboxylic acids is 1. The molecule has 1 unspecified atom stereocenters. The second-order valence-corrected chi connectivity index (χ2v) is 9.26. The van der Waals surface area contributed by atoms with Gasteiger partial charge in [0.05, 0.1) is 4.90 Å². The molecule has 6 heteroatoms. The van der Waals surface area contributed by atoms with Crippen molar-refractivity contribution in [3.05, 3.63) is 83.9 Å². The van der Waals surface area contributed by atoms with E-state index in [9.17, 15) is 13.2 Å². The number of anilines is 1. The Bertz CT molecular complexity index is 1170. The van der Waals surface area contributed by atoms with E-state index >= 15 is 0 Å². The molecule has 0 saturated heterocycles. The molecule has 0 spiro atoms. The number of nitrogens with one attached hydrogen (secondary N) is 1. The zero-order valence-corrected chi connectivity index (χ0v) is 17.8. The third-order valence-electron chi connectivity index (χ3n) is 5.49. The van der Waals surface area contributed by atoms with Crippen molar-refractivity contribution in [2.75, 3.05) is 11.4 Å². The first kappa shape index (κ1) is 20.3. The maximum Gasteiger partial charge on any atom is 0.241 e. The van der Waals surface area contributed by atoms with Gasteiger partial charge in [0, 0.05) is 25.2 Å². The molecule has 3 aromatic rings. The first-order chi connectivity index (χ1) is 14.3. The summed E-state index contributed by atoms with van der Waals surface area (Å²) in [6.45, 7) is 3.94. The van der Waals surface area contributed by atoms with Crippen molar-refractivity contribution in [3.8, 4) is 11.1 Å². The van der Waals surface area contributed by atoms with Gasteiger partial charge in [0.2, 0.25) is 15.9 Å². The van der Waals surface area contributed by atoms with Gasteiger partial charge in [-0.15, -0.1) is 0 Å². The highest BCUT2D eigenvalue weighted by molar-refractivity contribution is 7.89. The number of hydrogen-bond acceptors (Lipinski definition) is 3. The number of rotatable bonds is 5. The predicted octanol–water partition coefficient (Wildman–Crippen LogP) is 4.30. The van der Waals surface area contributed by atoms with Crippen LogP contribution < -0.4 is 9.62 Å². The lowest BCUT2D eigenvalue weighted by Gasteiger charge is -2.17. The van der Waals surface area contributed by atoms with E-state index in [-0.39, 0.29) is 16.8 Å². The summed E-state index contributed by atoms with van der Waals surface area (Å²) in [7, 11) is -3.68. The maximum atomic E-state index is 12.9. The second kappa shape index (κ2) is 8.05. The molecule has 3 aromatic carbocycles. The summed E-state index contributed by atoms with van der Waals surface area (Å²) in [4.78, 5) is 13.6. The molecular weight excluding hydrogens is 396 g/mol. The van der Waals surface area contributed by atoms with Crippen LogP contribution in [0.15, 0.2) is 77.7 Å². The molecule has 1 atom stereocenters. The largest absolute Gasteiger partial charge is 0.312 e. The zero-order valence-electron chi connectivity index (χ0n) is 17.0. The van der Waals surface area contributed by atoms with E-state index < -0.39 is 10.0 Å². The van der Waals surface area contributed by atoms with Crippen LogP contribution in [0.5, 0.6) is 0 Å². The number of amides is 1. The van der Waals surface area contributed by atoms with Gasteiger partial charge in [0.25, 0.3) is 0 Å². The fraction of sp³-hybridized carbons (Fsp3) is 0.208. The van der Waals surface area contributed by atoms with Crippen molar-refractivity contribution in [2.24, 2.45) is 0 Å². The molecule has 0 saturated carbocycles. The quantitative estimate of drug-likeness (QED) is 0.669. The molecule has 1 N–H and O–H groups in total. The van der Waals surface area contributed by atoms with E-state index in [0.29, 0.717) is 13.0 Å². The third-order valence-corrected chi connectivity index (χ3v) is 7.03. The van der Waals surface area contributed by atoms with Crippen molar-refractivity contribution >= 4 is 21.6 Å². The summed E-state index contributed by atoms with van der Waals surface area (Å²) < 4.78 is 28.6. The van der Waals surface area contributed by atoms with Crippen LogP contribution in [-0.2, 0) is 21.2 Å². The molecule has 5 nitrogen and oxygen atoms in total. The summed E-state index contributed by atoms with van der Waals surface area (Å²) >= 11 is 0. The van der Waals surface area contributed by atoms with Crippen LogP contribution in [0, 0.1) is 0 Å². The SMILES string of the molecule is CC(=O)N1CCc2cc(S(=O)(=O)NC(C)c3ccc(-c4ccccc4)cc3)ccc21. The van der Waals surface area contributed by atoms with Crippen LogP contribution in [-0.4, -0.2) is 20.9 Å². The third kappa shape index (κ3) is 4.01. The van der Waals surface area contributed by atoms with E-state index in [2.05, 4.69) is 4.72 Å². The lowest BCUT2D eigenvalue weighted by molar-refractivity contribution is -0.116.